The van der Waals surface area contributed by atoms with E-state index in [2.05, 4.69) is 5.32 Å². The lowest BCUT2D eigenvalue weighted by Crippen LogP contribution is -2.24. The molecule has 4 nitrogen and oxygen atoms in total. The molecule has 2 aromatic carbocycles. The summed E-state index contributed by atoms with van der Waals surface area (Å²) in [5.41, 5.74) is 9.39. The van der Waals surface area contributed by atoms with E-state index in [1.54, 1.807) is 6.07 Å². The molecule has 24 heavy (non-hydrogen) atoms. The maximum absolute atomic E-state index is 13.2. The summed E-state index contributed by atoms with van der Waals surface area (Å²) < 4.78 is 13.2. The molecule has 0 heterocycles. The number of halogens is 2. The first-order chi connectivity index (χ1) is 11.5. The van der Waals surface area contributed by atoms with E-state index < -0.39 is 5.82 Å². The molecule has 1 fully saturated rings. The summed E-state index contributed by atoms with van der Waals surface area (Å²) in [6, 6.07) is 7.62. The molecular weight excluding hydrogens is 329 g/mol. The third-order valence-electron chi connectivity index (χ3n) is 4.20. The fraction of sp³-hybridized carbons (Fsp3) is 0.222. The van der Waals surface area contributed by atoms with Crippen LogP contribution in [0.3, 0.4) is 0 Å². The second-order valence-corrected chi connectivity index (χ2v) is 6.27. The summed E-state index contributed by atoms with van der Waals surface area (Å²) in [4.78, 5) is 12.3. The van der Waals surface area contributed by atoms with Crippen LogP contribution in [0.1, 0.15) is 45.8 Å². The maximum Gasteiger partial charge on any atom is 0.251 e. The van der Waals surface area contributed by atoms with E-state index in [0.717, 1.165) is 30.0 Å². The Hall–Kier alpha value is -2.40. The SMILES string of the molecule is N=Cc1c(N)ccc(C2CC2)c1CNC(=O)c1ccc(F)c(Cl)c1. The Bertz CT molecular complexity index is 818. The second kappa shape index (κ2) is 6.61. The van der Waals surface area contributed by atoms with Crippen LogP contribution in [0, 0.1) is 11.2 Å². The molecule has 1 aliphatic carbocycles. The number of anilines is 1. The summed E-state index contributed by atoms with van der Waals surface area (Å²) in [5.74, 6) is -0.445. The van der Waals surface area contributed by atoms with Crippen LogP contribution in [0.15, 0.2) is 30.3 Å². The number of hydrogen-bond acceptors (Lipinski definition) is 3. The summed E-state index contributed by atoms with van der Waals surface area (Å²) in [7, 11) is 0. The summed E-state index contributed by atoms with van der Waals surface area (Å²) >= 11 is 5.72. The number of carbonyl (C=O) groups excluding carboxylic acids is 1. The van der Waals surface area contributed by atoms with Crippen molar-refractivity contribution in [1.29, 1.82) is 5.41 Å². The number of benzene rings is 2. The van der Waals surface area contributed by atoms with Gasteiger partial charge in [-0.2, -0.15) is 0 Å². The number of nitrogens with two attached hydrogens (primary N) is 1. The van der Waals surface area contributed by atoms with Crippen LogP contribution < -0.4 is 11.1 Å². The quantitative estimate of drug-likeness (QED) is 0.568. The number of rotatable bonds is 5. The highest BCUT2D eigenvalue weighted by Gasteiger charge is 2.27. The van der Waals surface area contributed by atoms with E-state index in [9.17, 15) is 9.18 Å². The maximum atomic E-state index is 13.2. The molecule has 1 amide bonds. The van der Waals surface area contributed by atoms with Gasteiger partial charge in [0, 0.05) is 29.6 Å². The average Bonchev–Trinajstić information content (AvgIpc) is 3.40. The molecule has 3 rings (SSSR count). The molecule has 0 aromatic heterocycles. The summed E-state index contributed by atoms with van der Waals surface area (Å²) in [5, 5.41) is 10.3. The Balaban J connectivity index is 1.83. The standard InChI is InChI=1S/C18H17ClFN3O/c19-15-7-11(3-5-16(15)20)18(24)23-9-14-12(10-1-2-10)4-6-17(22)13(14)8-21/h3-8,10,21H,1-2,9,22H2,(H,23,24). The number of nitrogen functional groups attached to an aromatic ring is 1. The number of amides is 1. The molecule has 0 saturated heterocycles. The number of nitrogens with one attached hydrogen (secondary N) is 2. The fourth-order valence-corrected chi connectivity index (χ4v) is 2.93. The van der Waals surface area contributed by atoms with Crippen LogP contribution in [-0.4, -0.2) is 12.1 Å². The first-order valence-corrected chi connectivity index (χ1v) is 8.04. The molecule has 4 N–H and O–H groups in total. The van der Waals surface area contributed by atoms with Gasteiger partial charge >= 0.3 is 0 Å². The van der Waals surface area contributed by atoms with Crippen molar-refractivity contribution in [3.05, 3.63) is 63.4 Å². The Labute approximate surface area is 144 Å². The number of carbonyl (C=O) groups is 1. The Kier molecular flexibility index (Phi) is 4.53. The second-order valence-electron chi connectivity index (χ2n) is 5.87. The topological polar surface area (TPSA) is 79.0 Å². The molecular formula is C18H17ClFN3O. The minimum atomic E-state index is -0.564. The van der Waals surface area contributed by atoms with Crippen molar-refractivity contribution in [3.63, 3.8) is 0 Å². The van der Waals surface area contributed by atoms with Crippen molar-refractivity contribution in [2.75, 3.05) is 5.73 Å². The van der Waals surface area contributed by atoms with Crippen molar-refractivity contribution in [2.24, 2.45) is 0 Å². The van der Waals surface area contributed by atoms with Gasteiger partial charge in [-0.25, -0.2) is 4.39 Å². The van der Waals surface area contributed by atoms with Crippen LogP contribution in [0.25, 0.3) is 0 Å². The van der Waals surface area contributed by atoms with E-state index in [-0.39, 0.29) is 23.0 Å². The zero-order valence-electron chi connectivity index (χ0n) is 12.9. The van der Waals surface area contributed by atoms with Gasteiger partial charge in [-0.1, -0.05) is 17.7 Å². The molecule has 0 atom stereocenters. The fourth-order valence-electron chi connectivity index (χ4n) is 2.75. The van der Waals surface area contributed by atoms with Crippen molar-refractivity contribution in [3.8, 4) is 0 Å². The average molecular weight is 346 g/mol. The molecule has 2 aromatic rings. The van der Waals surface area contributed by atoms with Gasteiger partial charge in [0.15, 0.2) is 0 Å². The van der Waals surface area contributed by atoms with Gasteiger partial charge in [0.2, 0.25) is 0 Å². The van der Waals surface area contributed by atoms with Gasteiger partial charge in [0.1, 0.15) is 5.82 Å². The molecule has 0 unspecified atom stereocenters. The zero-order valence-corrected chi connectivity index (χ0v) is 13.7. The molecule has 6 heteroatoms. The molecule has 0 bridgehead atoms. The van der Waals surface area contributed by atoms with E-state index in [0.29, 0.717) is 17.2 Å². The minimum Gasteiger partial charge on any atom is -0.398 e. The summed E-state index contributed by atoms with van der Waals surface area (Å²) in [6.07, 6.45) is 3.43. The molecule has 1 aliphatic rings. The van der Waals surface area contributed by atoms with Crippen molar-refractivity contribution in [1.82, 2.24) is 5.32 Å². The van der Waals surface area contributed by atoms with Crippen molar-refractivity contribution >= 4 is 29.4 Å². The van der Waals surface area contributed by atoms with Crippen LogP contribution in [-0.2, 0) is 6.54 Å². The molecule has 0 radical (unpaired) electrons. The smallest absolute Gasteiger partial charge is 0.251 e. The third kappa shape index (κ3) is 3.26. The lowest BCUT2D eigenvalue weighted by molar-refractivity contribution is 0.0951. The highest BCUT2D eigenvalue weighted by molar-refractivity contribution is 6.31. The van der Waals surface area contributed by atoms with Crippen LogP contribution >= 0.6 is 11.6 Å². The normalized spacial score (nSPS) is 13.6. The van der Waals surface area contributed by atoms with Gasteiger partial charge in [-0.3, -0.25) is 4.79 Å². The van der Waals surface area contributed by atoms with E-state index in [1.807, 2.05) is 6.07 Å². The van der Waals surface area contributed by atoms with E-state index in [1.165, 1.54) is 18.3 Å². The Morgan fingerprint density at radius 1 is 1.38 bits per heavy atom. The van der Waals surface area contributed by atoms with Gasteiger partial charge in [-0.05, 0) is 54.2 Å². The lowest BCUT2D eigenvalue weighted by atomic mass is 9.96. The Morgan fingerprint density at radius 3 is 2.75 bits per heavy atom. The van der Waals surface area contributed by atoms with Crippen molar-refractivity contribution in [2.45, 2.75) is 25.3 Å². The first kappa shape index (κ1) is 16.5. The van der Waals surface area contributed by atoms with Gasteiger partial charge in [-0.15, -0.1) is 0 Å². The molecule has 124 valence electrons. The third-order valence-corrected chi connectivity index (χ3v) is 4.49. The van der Waals surface area contributed by atoms with E-state index >= 15 is 0 Å². The zero-order chi connectivity index (χ0) is 17.3. The number of hydrogen-bond donors (Lipinski definition) is 3. The monoisotopic (exact) mass is 345 g/mol. The van der Waals surface area contributed by atoms with Gasteiger partial charge in [0.05, 0.1) is 5.02 Å². The Morgan fingerprint density at radius 2 is 2.12 bits per heavy atom. The molecule has 0 spiro atoms. The van der Waals surface area contributed by atoms with Gasteiger partial charge in [0.25, 0.3) is 5.91 Å². The van der Waals surface area contributed by atoms with Crippen molar-refractivity contribution < 1.29 is 9.18 Å². The molecule has 1 saturated carbocycles. The largest absolute Gasteiger partial charge is 0.398 e. The highest BCUT2D eigenvalue weighted by Crippen LogP contribution is 2.43. The van der Waals surface area contributed by atoms with Gasteiger partial charge < -0.3 is 16.5 Å². The molecule has 0 aliphatic heterocycles. The minimum absolute atomic E-state index is 0.0922. The predicted octanol–water partition coefficient (Wildman–Crippen LogP) is 3.87. The van der Waals surface area contributed by atoms with Crippen LogP contribution in [0.4, 0.5) is 10.1 Å². The van der Waals surface area contributed by atoms with Crippen LogP contribution in [0.5, 0.6) is 0 Å². The van der Waals surface area contributed by atoms with Crippen LogP contribution in [0.2, 0.25) is 5.02 Å². The lowest BCUT2D eigenvalue weighted by Gasteiger charge is -2.15. The van der Waals surface area contributed by atoms with E-state index in [4.69, 9.17) is 22.7 Å². The highest BCUT2D eigenvalue weighted by atomic mass is 35.5. The predicted molar refractivity (Wildman–Crippen MR) is 93.3 cm³/mol. The summed E-state index contributed by atoms with van der Waals surface area (Å²) in [6.45, 7) is 0.259. The first-order valence-electron chi connectivity index (χ1n) is 7.66.